The number of hydrogen-bond donors (Lipinski definition) is 3. The summed E-state index contributed by atoms with van der Waals surface area (Å²) in [5, 5.41) is 18.3. The highest BCUT2D eigenvalue weighted by Gasteiger charge is 2.30. The molecule has 66 valence electrons. The summed E-state index contributed by atoms with van der Waals surface area (Å²) in [6, 6.07) is -0.0602. The van der Waals surface area contributed by atoms with E-state index in [0.29, 0.717) is 0 Å². The molecule has 11 heavy (non-hydrogen) atoms. The first kappa shape index (κ1) is 8.93. The Balaban J connectivity index is 2.51. The van der Waals surface area contributed by atoms with Gasteiger partial charge >= 0.3 is 0 Å². The van der Waals surface area contributed by atoms with Gasteiger partial charge in [-0.1, -0.05) is 0 Å². The first-order chi connectivity index (χ1) is 5.13. The van der Waals surface area contributed by atoms with E-state index in [2.05, 4.69) is 0 Å². The summed E-state index contributed by atoms with van der Waals surface area (Å²) in [7, 11) is 0. The zero-order chi connectivity index (χ0) is 8.43. The van der Waals surface area contributed by atoms with Crippen LogP contribution in [-0.2, 0) is 0 Å². The molecule has 1 aliphatic rings. The van der Waals surface area contributed by atoms with Gasteiger partial charge in [0.25, 0.3) is 0 Å². The maximum Gasteiger partial charge on any atom is 0.118 e. The van der Waals surface area contributed by atoms with Gasteiger partial charge in [-0.2, -0.15) is 0 Å². The van der Waals surface area contributed by atoms with E-state index in [1.54, 1.807) is 6.92 Å². The number of rotatable bonds is 2. The first-order valence-corrected chi connectivity index (χ1v) is 4.00. The lowest BCUT2D eigenvalue weighted by atomic mass is 10.2. The fraction of sp³-hybridized carbons (Fsp3) is 1.00. The fourth-order valence-corrected chi connectivity index (χ4v) is 1.65. The van der Waals surface area contributed by atoms with Crippen molar-refractivity contribution in [2.75, 3.05) is 6.54 Å². The van der Waals surface area contributed by atoms with E-state index in [-0.39, 0.29) is 6.04 Å². The lowest BCUT2D eigenvalue weighted by molar-refractivity contribution is -0.0290. The van der Waals surface area contributed by atoms with Crippen LogP contribution in [0, 0.1) is 0 Å². The molecule has 4 heteroatoms. The highest BCUT2D eigenvalue weighted by molar-refractivity contribution is 4.82. The predicted octanol–water partition coefficient (Wildman–Crippen LogP) is -0.934. The Kier molecular flexibility index (Phi) is 2.84. The number of nitrogens with zero attached hydrogens (tertiary/aromatic N) is 1. The molecule has 1 saturated heterocycles. The van der Waals surface area contributed by atoms with Gasteiger partial charge in [-0.3, -0.25) is 4.90 Å². The molecule has 3 atom stereocenters. The molecule has 4 nitrogen and oxygen atoms in total. The van der Waals surface area contributed by atoms with Crippen LogP contribution in [0.2, 0.25) is 0 Å². The molecule has 0 radical (unpaired) electrons. The fourth-order valence-electron chi connectivity index (χ4n) is 1.65. The Morgan fingerprint density at radius 1 is 1.55 bits per heavy atom. The van der Waals surface area contributed by atoms with Gasteiger partial charge in [-0.15, -0.1) is 0 Å². The Labute approximate surface area is 66.6 Å². The predicted molar refractivity (Wildman–Crippen MR) is 41.6 cm³/mol. The van der Waals surface area contributed by atoms with Crippen molar-refractivity contribution in [2.24, 2.45) is 5.73 Å². The molecule has 1 fully saturated rings. The third-order valence-electron chi connectivity index (χ3n) is 2.22. The standard InChI is InChI=1S/C7H16N2O2/c1-5(10)9-4-2-3-6(9)7(8)11/h5-7,10-11H,2-4,8H2,1H3/t5-,6?,7?/m1/s1. The minimum Gasteiger partial charge on any atom is -0.379 e. The van der Waals surface area contributed by atoms with E-state index in [4.69, 9.17) is 10.8 Å². The summed E-state index contributed by atoms with van der Waals surface area (Å²) in [5.41, 5.74) is 5.33. The summed E-state index contributed by atoms with van der Waals surface area (Å²) in [5.74, 6) is 0. The van der Waals surface area contributed by atoms with Crippen molar-refractivity contribution in [3.8, 4) is 0 Å². The second-order valence-corrected chi connectivity index (χ2v) is 3.07. The summed E-state index contributed by atoms with van der Waals surface area (Å²) in [6.45, 7) is 2.53. The highest BCUT2D eigenvalue weighted by atomic mass is 16.3. The summed E-state index contributed by atoms with van der Waals surface area (Å²) in [4.78, 5) is 1.82. The average Bonchev–Trinajstić information content (AvgIpc) is 2.32. The second-order valence-electron chi connectivity index (χ2n) is 3.07. The van der Waals surface area contributed by atoms with E-state index >= 15 is 0 Å². The zero-order valence-corrected chi connectivity index (χ0v) is 6.77. The quantitative estimate of drug-likeness (QED) is 0.456. The van der Waals surface area contributed by atoms with Crippen molar-refractivity contribution in [1.29, 1.82) is 0 Å². The molecule has 0 saturated carbocycles. The van der Waals surface area contributed by atoms with Gasteiger partial charge in [0.2, 0.25) is 0 Å². The molecular weight excluding hydrogens is 144 g/mol. The van der Waals surface area contributed by atoms with Crippen molar-refractivity contribution in [3.05, 3.63) is 0 Å². The van der Waals surface area contributed by atoms with Crippen molar-refractivity contribution in [3.63, 3.8) is 0 Å². The van der Waals surface area contributed by atoms with Gasteiger partial charge in [0.15, 0.2) is 0 Å². The van der Waals surface area contributed by atoms with Crippen molar-refractivity contribution in [2.45, 2.75) is 38.3 Å². The van der Waals surface area contributed by atoms with Gasteiger partial charge in [-0.25, -0.2) is 0 Å². The van der Waals surface area contributed by atoms with Crippen LogP contribution in [0.3, 0.4) is 0 Å². The molecule has 0 bridgehead atoms. The minimum absolute atomic E-state index is 0.0602. The Morgan fingerprint density at radius 3 is 2.55 bits per heavy atom. The minimum atomic E-state index is -0.827. The Morgan fingerprint density at radius 2 is 2.18 bits per heavy atom. The highest BCUT2D eigenvalue weighted by Crippen LogP contribution is 2.19. The van der Waals surface area contributed by atoms with Crippen LogP contribution < -0.4 is 5.73 Å². The molecule has 0 aromatic heterocycles. The summed E-state index contributed by atoms with van der Waals surface area (Å²) >= 11 is 0. The van der Waals surface area contributed by atoms with Gasteiger partial charge in [-0.05, 0) is 19.8 Å². The SMILES string of the molecule is C[C@@H](O)N1CCCC1C(N)O. The molecule has 1 heterocycles. The van der Waals surface area contributed by atoms with E-state index < -0.39 is 12.5 Å². The van der Waals surface area contributed by atoms with Crippen LogP contribution in [0.5, 0.6) is 0 Å². The van der Waals surface area contributed by atoms with E-state index in [9.17, 15) is 5.11 Å². The lowest BCUT2D eigenvalue weighted by Gasteiger charge is -2.28. The van der Waals surface area contributed by atoms with Gasteiger partial charge in [0, 0.05) is 6.54 Å². The number of aliphatic hydroxyl groups excluding tert-OH is 2. The van der Waals surface area contributed by atoms with Crippen molar-refractivity contribution in [1.82, 2.24) is 4.90 Å². The van der Waals surface area contributed by atoms with E-state index in [1.807, 2.05) is 4.90 Å². The van der Waals surface area contributed by atoms with Crippen LogP contribution in [0.4, 0.5) is 0 Å². The Bertz CT molecular complexity index is 114. The molecule has 1 aliphatic heterocycles. The van der Waals surface area contributed by atoms with Crippen LogP contribution in [0.1, 0.15) is 19.8 Å². The normalized spacial score (nSPS) is 32.2. The third-order valence-corrected chi connectivity index (χ3v) is 2.22. The van der Waals surface area contributed by atoms with E-state index in [1.165, 1.54) is 0 Å². The number of likely N-dealkylation sites (tertiary alicyclic amines) is 1. The maximum absolute atomic E-state index is 9.23. The van der Waals surface area contributed by atoms with E-state index in [0.717, 1.165) is 19.4 Å². The molecule has 0 amide bonds. The first-order valence-electron chi connectivity index (χ1n) is 4.00. The largest absolute Gasteiger partial charge is 0.379 e. The molecule has 0 aromatic carbocycles. The molecule has 0 aromatic rings. The lowest BCUT2D eigenvalue weighted by Crippen LogP contribution is -2.47. The van der Waals surface area contributed by atoms with Crippen LogP contribution >= 0.6 is 0 Å². The number of hydrogen-bond acceptors (Lipinski definition) is 4. The van der Waals surface area contributed by atoms with Crippen LogP contribution in [0.25, 0.3) is 0 Å². The van der Waals surface area contributed by atoms with Crippen LogP contribution in [0.15, 0.2) is 0 Å². The topological polar surface area (TPSA) is 69.7 Å². The summed E-state index contributed by atoms with van der Waals surface area (Å²) in [6.07, 6.45) is 0.555. The van der Waals surface area contributed by atoms with Gasteiger partial charge < -0.3 is 15.9 Å². The monoisotopic (exact) mass is 160 g/mol. The molecule has 0 spiro atoms. The van der Waals surface area contributed by atoms with Crippen molar-refractivity contribution >= 4 is 0 Å². The third kappa shape index (κ3) is 1.90. The van der Waals surface area contributed by atoms with Crippen LogP contribution in [-0.4, -0.2) is 40.2 Å². The zero-order valence-electron chi connectivity index (χ0n) is 6.77. The number of nitrogens with two attached hydrogens (primary N) is 1. The second kappa shape index (κ2) is 3.49. The molecule has 1 rings (SSSR count). The molecule has 2 unspecified atom stereocenters. The van der Waals surface area contributed by atoms with Gasteiger partial charge in [0.1, 0.15) is 12.5 Å². The molecular formula is C7H16N2O2. The molecule has 0 aliphatic carbocycles. The van der Waals surface area contributed by atoms with Gasteiger partial charge in [0.05, 0.1) is 6.04 Å². The maximum atomic E-state index is 9.23. The molecule has 4 N–H and O–H groups in total. The van der Waals surface area contributed by atoms with Crippen molar-refractivity contribution < 1.29 is 10.2 Å². The average molecular weight is 160 g/mol. The summed E-state index contributed by atoms with van der Waals surface area (Å²) < 4.78 is 0. The number of aliphatic hydroxyl groups is 2. The Hall–Kier alpha value is -0.160. The smallest absolute Gasteiger partial charge is 0.118 e.